The number of methoxy groups -OCH3 is 1. The minimum atomic E-state index is -1.01. The molecule has 0 atom stereocenters. The average Bonchev–Trinajstić information content (AvgIpc) is 3.16. The van der Waals surface area contributed by atoms with Gasteiger partial charge in [0.05, 0.1) is 18.3 Å². The van der Waals surface area contributed by atoms with Gasteiger partial charge in [-0.3, -0.25) is 19.8 Å². The fraction of sp³-hybridized carbons (Fsp3) is 0.0417. The monoisotopic (exact) mass is 530 g/mol. The van der Waals surface area contributed by atoms with E-state index in [1.54, 1.807) is 42.5 Å². The van der Waals surface area contributed by atoms with Gasteiger partial charge in [0.25, 0.3) is 5.91 Å². The summed E-state index contributed by atoms with van der Waals surface area (Å²) in [7, 11) is 1.44. The molecule has 0 aliphatic carbocycles. The molecule has 1 aromatic heterocycles. The molecule has 4 rings (SSSR count). The Balaban J connectivity index is 1.64. The van der Waals surface area contributed by atoms with Crippen LogP contribution in [-0.4, -0.2) is 29.5 Å². The zero-order valence-electron chi connectivity index (χ0n) is 18.1. The predicted molar refractivity (Wildman–Crippen MR) is 137 cm³/mol. The van der Waals surface area contributed by atoms with Gasteiger partial charge in [0, 0.05) is 26.1 Å². The van der Waals surface area contributed by atoms with Gasteiger partial charge in [-0.2, -0.15) is 0 Å². The number of carbonyl (C=O) groups excluding carboxylic acids is 3. The highest BCUT2D eigenvalue weighted by Gasteiger charge is 2.22. The lowest BCUT2D eigenvalue weighted by atomic mass is 10.2. The molecule has 0 aliphatic rings. The Morgan fingerprint density at radius 3 is 2.23 bits per heavy atom. The molecule has 0 saturated heterocycles. The summed E-state index contributed by atoms with van der Waals surface area (Å²) in [6.45, 7) is 0. The number of amides is 3. The summed E-state index contributed by atoms with van der Waals surface area (Å²) in [5.41, 5.74) is 3.62. The van der Waals surface area contributed by atoms with Gasteiger partial charge in [0.1, 0.15) is 11.4 Å². The third-order valence-electron chi connectivity index (χ3n) is 4.89. The van der Waals surface area contributed by atoms with E-state index >= 15 is 0 Å². The molecular formula is C24H17Cl3N4O4. The largest absolute Gasteiger partial charge is 0.495 e. The minimum absolute atomic E-state index is 0.0387. The molecule has 3 amide bonds. The molecule has 1 heterocycles. The third kappa shape index (κ3) is 5.51. The van der Waals surface area contributed by atoms with Crippen LogP contribution in [0.2, 0.25) is 15.1 Å². The molecule has 0 aliphatic heterocycles. The Kier molecular flexibility index (Phi) is 7.16. The summed E-state index contributed by atoms with van der Waals surface area (Å²) in [4.78, 5) is 38.5. The Labute approximate surface area is 214 Å². The van der Waals surface area contributed by atoms with Crippen molar-refractivity contribution < 1.29 is 19.1 Å². The fourth-order valence-corrected chi connectivity index (χ4v) is 4.08. The van der Waals surface area contributed by atoms with Crippen molar-refractivity contribution in [1.82, 2.24) is 4.68 Å². The fourth-order valence-electron chi connectivity index (χ4n) is 3.37. The first kappa shape index (κ1) is 24.4. The Hall–Kier alpha value is -3.72. The van der Waals surface area contributed by atoms with Gasteiger partial charge in [-0.1, -0.05) is 46.9 Å². The van der Waals surface area contributed by atoms with Gasteiger partial charge < -0.3 is 15.4 Å². The number of hydrogen-bond donors (Lipinski definition) is 3. The van der Waals surface area contributed by atoms with Crippen molar-refractivity contribution in [2.75, 3.05) is 23.2 Å². The van der Waals surface area contributed by atoms with Crippen LogP contribution in [0.25, 0.3) is 10.9 Å². The van der Waals surface area contributed by atoms with E-state index in [9.17, 15) is 14.4 Å². The maximum atomic E-state index is 13.1. The summed E-state index contributed by atoms with van der Waals surface area (Å²) < 4.78 is 6.39. The number of para-hydroxylation sites is 2. The van der Waals surface area contributed by atoms with Crippen molar-refractivity contribution in [2.45, 2.75) is 0 Å². The van der Waals surface area contributed by atoms with Crippen LogP contribution >= 0.6 is 34.8 Å². The molecule has 3 aromatic carbocycles. The Bertz CT molecular complexity index is 1450. The highest BCUT2D eigenvalue weighted by atomic mass is 35.5. The molecule has 0 radical (unpaired) electrons. The first-order valence-electron chi connectivity index (χ1n) is 10.1. The van der Waals surface area contributed by atoms with E-state index in [0.717, 1.165) is 0 Å². The highest BCUT2D eigenvalue weighted by molar-refractivity contribution is 6.42. The zero-order valence-corrected chi connectivity index (χ0v) is 20.3. The van der Waals surface area contributed by atoms with E-state index in [-0.39, 0.29) is 5.69 Å². The molecule has 0 unspecified atom stereocenters. The normalized spacial score (nSPS) is 10.6. The standard InChI is InChI=1S/C24H17Cl3N4O4/c1-35-21-5-3-2-4-18(21)29-23(33)24(34)30-31-19-7-6-14(25)8-13(19)9-20(31)22(32)28-17-11-15(26)10-16(27)12-17/h2-12H,1H3,(H,28,32)(H,29,33)(H,30,34). The number of fused-ring (bicyclic) bond motifs is 1. The summed E-state index contributed by atoms with van der Waals surface area (Å²) >= 11 is 18.1. The molecule has 178 valence electrons. The van der Waals surface area contributed by atoms with Crippen molar-refractivity contribution in [3.63, 3.8) is 0 Å². The second-order valence-electron chi connectivity index (χ2n) is 7.28. The summed E-state index contributed by atoms with van der Waals surface area (Å²) in [5, 5.41) is 6.84. The lowest BCUT2D eigenvalue weighted by Crippen LogP contribution is -2.36. The summed E-state index contributed by atoms with van der Waals surface area (Å²) in [6.07, 6.45) is 0. The number of anilines is 2. The highest BCUT2D eigenvalue weighted by Crippen LogP contribution is 2.26. The van der Waals surface area contributed by atoms with Crippen molar-refractivity contribution >= 4 is 74.8 Å². The first-order chi connectivity index (χ1) is 16.7. The number of aromatic nitrogens is 1. The quantitative estimate of drug-likeness (QED) is 0.293. The number of benzene rings is 3. The number of nitrogens with one attached hydrogen (secondary N) is 3. The zero-order chi connectivity index (χ0) is 25.1. The number of hydrogen-bond acceptors (Lipinski definition) is 4. The van der Waals surface area contributed by atoms with Crippen LogP contribution in [0.3, 0.4) is 0 Å². The average molecular weight is 532 g/mol. The van der Waals surface area contributed by atoms with Crippen molar-refractivity contribution in [2.24, 2.45) is 0 Å². The van der Waals surface area contributed by atoms with Crippen LogP contribution in [0.15, 0.2) is 66.7 Å². The van der Waals surface area contributed by atoms with Crippen LogP contribution in [0.1, 0.15) is 10.5 Å². The predicted octanol–water partition coefficient (Wildman–Crippen LogP) is 5.57. The van der Waals surface area contributed by atoms with Gasteiger partial charge in [-0.25, -0.2) is 4.68 Å². The molecule has 11 heteroatoms. The second-order valence-corrected chi connectivity index (χ2v) is 8.59. The van der Waals surface area contributed by atoms with E-state index in [1.807, 2.05) is 0 Å². The molecule has 3 N–H and O–H groups in total. The van der Waals surface area contributed by atoms with Gasteiger partial charge in [0.2, 0.25) is 0 Å². The first-order valence-corrected chi connectivity index (χ1v) is 11.2. The minimum Gasteiger partial charge on any atom is -0.495 e. The Morgan fingerprint density at radius 1 is 0.800 bits per heavy atom. The second kappa shape index (κ2) is 10.3. The number of ether oxygens (including phenoxy) is 1. The lowest BCUT2D eigenvalue weighted by Gasteiger charge is -2.14. The van der Waals surface area contributed by atoms with E-state index < -0.39 is 17.7 Å². The van der Waals surface area contributed by atoms with E-state index in [4.69, 9.17) is 39.5 Å². The number of rotatable bonds is 5. The molecule has 8 nitrogen and oxygen atoms in total. The van der Waals surface area contributed by atoms with E-state index in [0.29, 0.717) is 43.1 Å². The van der Waals surface area contributed by atoms with Crippen molar-refractivity contribution in [3.8, 4) is 5.75 Å². The van der Waals surface area contributed by atoms with Gasteiger partial charge in [-0.05, 0) is 54.6 Å². The van der Waals surface area contributed by atoms with Crippen LogP contribution in [0.5, 0.6) is 5.75 Å². The SMILES string of the molecule is COc1ccccc1NC(=O)C(=O)Nn1c(C(=O)Nc2cc(Cl)cc(Cl)c2)cc2cc(Cl)ccc21. The topological polar surface area (TPSA) is 101 Å². The third-order valence-corrected chi connectivity index (χ3v) is 5.56. The van der Waals surface area contributed by atoms with Crippen LogP contribution in [-0.2, 0) is 9.59 Å². The van der Waals surface area contributed by atoms with Crippen LogP contribution in [0, 0.1) is 0 Å². The van der Waals surface area contributed by atoms with Gasteiger partial charge >= 0.3 is 11.8 Å². The van der Waals surface area contributed by atoms with Crippen molar-refractivity contribution in [3.05, 3.63) is 87.5 Å². The summed E-state index contributed by atoms with van der Waals surface area (Å²) in [6, 6.07) is 17.6. The lowest BCUT2D eigenvalue weighted by molar-refractivity contribution is -0.133. The molecule has 0 bridgehead atoms. The molecule has 0 fully saturated rings. The smallest absolute Gasteiger partial charge is 0.328 e. The number of carbonyl (C=O) groups is 3. The van der Waals surface area contributed by atoms with Gasteiger partial charge in [0.15, 0.2) is 0 Å². The van der Waals surface area contributed by atoms with Crippen LogP contribution < -0.4 is 20.8 Å². The maximum absolute atomic E-state index is 13.1. The number of halogens is 3. The molecule has 0 spiro atoms. The van der Waals surface area contributed by atoms with Gasteiger partial charge in [-0.15, -0.1) is 0 Å². The molecule has 35 heavy (non-hydrogen) atoms. The van der Waals surface area contributed by atoms with E-state index in [2.05, 4.69) is 16.1 Å². The maximum Gasteiger partial charge on any atom is 0.328 e. The molecule has 4 aromatic rings. The van der Waals surface area contributed by atoms with E-state index in [1.165, 1.54) is 36.1 Å². The molecule has 0 saturated carbocycles. The van der Waals surface area contributed by atoms with Crippen molar-refractivity contribution in [1.29, 1.82) is 0 Å². The Morgan fingerprint density at radius 2 is 1.51 bits per heavy atom. The summed E-state index contributed by atoms with van der Waals surface area (Å²) in [5.74, 6) is -2.17. The molecular weight excluding hydrogens is 515 g/mol. The van der Waals surface area contributed by atoms with Crippen LogP contribution in [0.4, 0.5) is 11.4 Å². The number of nitrogens with zero attached hydrogens (tertiary/aromatic N) is 1.